The minimum absolute atomic E-state index is 0.128. The number of hydrogen-bond donors (Lipinski definition) is 0. The molecule has 1 amide bonds. The van der Waals surface area contributed by atoms with E-state index in [1.54, 1.807) is 18.3 Å². The molecule has 0 spiro atoms. The van der Waals surface area contributed by atoms with Crippen molar-refractivity contribution in [3.05, 3.63) is 67.4 Å². The molecule has 2 atom stereocenters. The summed E-state index contributed by atoms with van der Waals surface area (Å²) >= 11 is 0. The Morgan fingerprint density at radius 2 is 1.94 bits per heavy atom. The van der Waals surface area contributed by atoms with Crippen LogP contribution < -0.4 is 14.4 Å². The van der Waals surface area contributed by atoms with Gasteiger partial charge in [-0.3, -0.25) is 4.79 Å². The molecule has 11 nitrogen and oxygen atoms in total. The third-order valence-electron chi connectivity index (χ3n) is 9.47. The van der Waals surface area contributed by atoms with Crippen LogP contribution in [0.3, 0.4) is 0 Å². The predicted molar refractivity (Wildman–Crippen MR) is 184 cm³/mol. The number of likely N-dealkylation sites (N-methyl/N-ethyl adjacent to an activating group) is 1. The minimum atomic E-state index is -0.330. The Hall–Kier alpha value is -5.18. The van der Waals surface area contributed by atoms with Gasteiger partial charge in [-0.15, -0.1) is 0 Å². The molecule has 7 rings (SSSR count). The van der Waals surface area contributed by atoms with Crippen molar-refractivity contribution in [3.8, 4) is 29.0 Å². The number of likely N-dealkylation sites (tertiary alicyclic amines) is 1. The largest absolute Gasteiger partial charge is 0.468 e. The number of nitrogens with zero attached hydrogens (tertiary/aromatic N) is 6. The molecule has 0 bridgehead atoms. The first kappa shape index (κ1) is 31.4. The zero-order chi connectivity index (χ0) is 33.2. The zero-order valence-corrected chi connectivity index (χ0v) is 27.2. The van der Waals surface area contributed by atoms with E-state index in [1.165, 1.54) is 6.08 Å². The van der Waals surface area contributed by atoms with Gasteiger partial charge in [-0.2, -0.15) is 15.2 Å². The second-order valence-corrected chi connectivity index (χ2v) is 12.3. The topological polar surface area (TPSA) is 117 Å². The Labute approximate surface area is 278 Å². The molecule has 2 saturated heterocycles. The van der Waals surface area contributed by atoms with Gasteiger partial charge in [0.1, 0.15) is 23.8 Å². The number of methoxy groups -OCH3 is 1. The highest BCUT2D eigenvalue weighted by Crippen LogP contribution is 2.43. The highest BCUT2D eigenvalue weighted by molar-refractivity contribution is 6.16. The van der Waals surface area contributed by atoms with Gasteiger partial charge in [-0.1, -0.05) is 30.8 Å². The Balaban J connectivity index is 1.40. The Morgan fingerprint density at radius 3 is 2.73 bits per heavy atom. The monoisotopic (exact) mass is 646 g/mol. The standard InChI is InChI=1S/C37H38N6O5/c1-4-33(44)43-16-15-42(21-25(43)11-13-38)36-34-32(39-37(40-36)47-22-26-9-7-14-41(26)2)20-31(29-12-17-46-35(29)34)30-19-27(48-23-45-3)18-24-8-5-6-10-28(24)30/h4-6,8,10,12,17-20,25-26H,1,7,9,11,14-16,21-23H2,2-3H3/t25-,26-/m0/s1. The molecule has 3 aromatic carbocycles. The van der Waals surface area contributed by atoms with Crippen molar-refractivity contribution in [2.45, 2.75) is 31.3 Å². The molecule has 0 saturated carbocycles. The van der Waals surface area contributed by atoms with Gasteiger partial charge >= 0.3 is 6.01 Å². The number of ether oxygens (including phenoxy) is 3. The Bertz CT molecular complexity index is 2040. The van der Waals surface area contributed by atoms with Gasteiger partial charge in [0.2, 0.25) is 5.91 Å². The van der Waals surface area contributed by atoms with Crippen LogP contribution in [0.4, 0.5) is 5.82 Å². The van der Waals surface area contributed by atoms with Crippen molar-refractivity contribution in [2.24, 2.45) is 0 Å². The van der Waals surface area contributed by atoms with Crippen molar-refractivity contribution in [3.63, 3.8) is 0 Å². The van der Waals surface area contributed by atoms with Crippen molar-refractivity contribution in [1.29, 1.82) is 5.26 Å². The molecule has 2 fully saturated rings. The van der Waals surface area contributed by atoms with Crippen LogP contribution in [0.2, 0.25) is 0 Å². The first-order valence-electron chi connectivity index (χ1n) is 16.2. The zero-order valence-electron chi connectivity index (χ0n) is 27.2. The fourth-order valence-electron chi connectivity index (χ4n) is 7.02. The average Bonchev–Trinajstić information content (AvgIpc) is 3.77. The fraction of sp³-hybridized carbons (Fsp3) is 0.351. The number of anilines is 1. The predicted octanol–water partition coefficient (Wildman–Crippen LogP) is 5.77. The summed E-state index contributed by atoms with van der Waals surface area (Å²) in [6.07, 6.45) is 5.36. The summed E-state index contributed by atoms with van der Waals surface area (Å²) in [6, 6.07) is 18.7. The number of aromatic nitrogens is 2. The molecule has 48 heavy (non-hydrogen) atoms. The maximum absolute atomic E-state index is 12.7. The molecule has 0 unspecified atom stereocenters. The maximum atomic E-state index is 12.7. The minimum Gasteiger partial charge on any atom is -0.468 e. The van der Waals surface area contributed by atoms with Gasteiger partial charge < -0.3 is 33.3 Å². The lowest BCUT2D eigenvalue weighted by atomic mass is 9.94. The quantitative estimate of drug-likeness (QED) is 0.137. The summed E-state index contributed by atoms with van der Waals surface area (Å²) in [7, 11) is 3.71. The van der Waals surface area contributed by atoms with Crippen LogP contribution in [0.15, 0.2) is 71.9 Å². The van der Waals surface area contributed by atoms with Crippen LogP contribution in [-0.2, 0) is 9.53 Å². The number of fused-ring (bicyclic) bond motifs is 4. The molecule has 2 aliphatic rings. The third kappa shape index (κ3) is 5.89. The van der Waals surface area contributed by atoms with E-state index in [9.17, 15) is 10.1 Å². The SMILES string of the molecule is C=CC(=O)N1CCN(c2nc(OC[C@@H]3CCCN3C)nc3cc(-c4cc(OCOC)cc5ccccc45)c4ccoc4c23)C[C@@H]1CC#N. The number of furan rings is 1. The van der Waals surface area contributed by atoms with Gasteiger partial charge in [-0.05, 0) is 78.7 Å². The van der Waals surface area contributed by atoms with Crippen molar-refractivity contribution in [2.75, 3.05) is 58.6 Å². The number of carbonyl (C=O) groups excluding carboxylic acids is 1. The molecule has 0 N–H and O–H groups in total. The Morgan fingerprint density at radius 1 is 1.08 bits per heavy atom. The van der Waals surface area contributed by atoms with E-state index in [0.717, 1.165) is 52.1 Å². The highest BCUT2D eigenvalue weighted by atomic mass is 16.7. The summed E-state index contributed by atoms with van der Waals surface area (Å²) in [6.45, 7) is 6.64. The van der Waals surface area contributed by atoms with Crippen molar-refractivity contribution < 1.29 is 23.4 Å². The summed E-state index contributed by atoms with van der Waals surface area (Å²) in [4.78, 5) is 28.8. The second kappa shape index (κ2) is 13.5. The number of hydrogen-bond acceptors (Lipinski definition) is 10. The van der Waals surface area contributed by atoms with E-state index in [1.807, 2.05) is 30.3 Å². The molecule has 0 aliphatic carbocycles. The molecule has 0 radical (unpaired) electrons. The number of rotatable bonds is 10. The number of benzene rings is 3. The lowest BCUT2D eigenvalue weighted by Crippen LogP contribution is -2.55. The molecule has 11 heteroatoms. The first-order chi connectivity index (χ1) is 23.5. The molecular formula is C37H38N6O5. The molecule has 2 aromatic heterocycles. The number of amides is 1. The molecule has 2 aliphatic heterocycles. The van der Waals surface area contributed by atoms with Crippen LogP contribution in [0.25, 0.3) is 43.8 Å². The van der Waals surface area contributed by atoms with Crippen molar-refractivity contribution in [1.82, 2.24) is 19.8 Å². The van der Waals surface area contributed by atoms with Crippen LogP contribution >= 0.6 is 0 Å². The summed E-state index contributed by atoms with van der Waals surface area (Å²) in [5.74, 6) is 1.15. The average molecular weight is 647 g/mol. The molecule has 5 aromatic rings. The van der Waals surface area contributed by atoms with Gasteiger partial charge in [-0.25, -0.2) is 0 Å². The van der Waals surface area contributed by atoms with E-state index in [0.29, 0.717) is 48.9 Å². The summed E-state index contributed by atoms with van der Waals surface area (Å²) in [5, 5.41) is 13.4. The number of nitriles is 1. The van der Waals surface area contributed by atoms with Crippen LogP contribution in [0.1, 0.15) is 19.3 Å². The van der Waals surface area contributed by atoms with E-state index in [-0.39, 0.29) is 37.2 Å². The number of carbonyl (C=O) groups is 1. The fourth-order valence-corrected chi connectivity index (χ4v) is 7.02. The van der Waals surface area contributed by atoms with Crippen LogP contribution in [-0.4, -0.2) is 91.5 Å². The van der Waals surface area contributed by atoms with E-state index in [2.05, 4.69) is 47.7 Å². The van der Waals surface area contributed by atoms with E-state index < -0.39 is 0 Å². The van der Waals surface area contributed by atoms with E-state index in [4.69, 9.17) is 28.6 Å². The molecule has 246 valence electrons. The lowest BCUT2D eigenvalue weighted by molar-refractivity contribution is -0.128. The Kier molecular flexibility index (Phi) is 8.84. The highest BCUT2D eigenvalue weighted by Gasteiger charge is 2.32. The normalized spacial score (nSPS) is 18.4. The first-order valence-corrected chi connectivity index (χ1v) is 16.2. The van der Waals surface area contributed by atoms with Gasteiger partial charge in [0.25, 0.3) is 0 Å². The lowest BCUT2D eigenvalue weighted by Gasteiger charge is -2.41. The van der Waals surface area contributed by atoms with Crippen LogP contribution in [0, 0.1) is 11.3 Å². The third-order valence-corrected chi connectivity index (χ3v) is 9.47. The molecule has 4 heterocycles. The summed E-state index contributed by atoms with van der Waals surface area (Å²) < 4.78 is 23.7. The second-order valence-electron chi connectivity index (χ2n) is 12.3. The molecular weight excluding hydrogens is 608 g/mol. The summed E-state index contributed by atoms with van der Waals surface area (Å²) in [5.41, 5.74) is 3.21. The van der Waals surface area contributed by atoms with Crippen LogP contribution in [0.5, 0.6) is 11.8 Å². The number of piperazine rings is 1. The smallest absolute Gasteiger partial charge is 0.319 e. The van der Waals surface area contributed by atoms with E-state index >= 15 is 0 Å². The van der Waals surface area contributed by atoms with Gasteiger partial charge in [0.15, 0.2) is 6.79 Å². The van der Waals surface area contributed by atoms with Gasteiger partial charge in [0.05, 0.1) is 35.7 Å². The van der Waals surface area contributed by atoms with Crippen molar-refractivity contribution >= 4 is 44.4 Å². The maximum Gasteiger partial charge on any atom is 0.319 e. The van der Waals surface area contributed by atoms with Gasteiger partial charge in [0, 0.05) is 38.2 Å².